The molecule has 0 atom stereocenters. The number of aryl methyl sites for hydroxylation is 1. The average Bonchev–Trinajstić information content (AvgIpc) is 2.84. The van der Waals surface area contributed by atoms with Crippen LogP contribution in [0.2, 0.25) is 0 Å². The maximum Gasteiger partial charge on any atom is 0.164 e. The SMILES string of the molecule is CCCN(Cc1ccccc1O)c1ncnc2c1c(Br)nn2C. The van der Waals surface area contributed by atoms with Gasteiger partial charge in [-0.15, -0.1) is 0 Å². The van der Waals surface area contributed by atoms with Crippen molar-refractivity contribution in [1.29, 1.82) is 0 Å². The molecule has 0 aliphatic carbocycles. The third-order valence-corrected chi connectivity index (χ3v) is 4.26. The summed E-state index contributed by atoms with van der Waals surface area (Å²) in [5.41, 5.74) is 1.65. The number of halogens is 1. The molecule has 0 saturated heterocycles. The van der Waals surface area contributed by atoms with Crippen molar-refractivity contribution in [2.45, 2.75) is 19.9 Å². The molecule has 2 aromatic heterocycles. The number of anilines is 1. The fourth-order valence-electron chi connectivity index (χ4n) is 2.65. The van der Waals surface area contributed by atoms with Gasteiger partial charge in [0.25, 0.3) is 0 Å². The number of aromatic nitrogens is 4. The number of rotatable bonds is 5. The maximum atomic E-state index is 10.1. The second-order valence-corrected chi connectivity index (χ2v) is 6.11. The average molecular weight is 376 g/mol. The lowest BCUT2D eigenvalue weighted by molar-refractivity contribution is 0.467. The summed E-state index contributed by atoms with van der Waals surface area (Å²) in [5.74, 6) is 1.12. The van der Waals surface area contributed by atoms with Crippen molar-refractivity contribution in [3.63, 3.8) is 0 Å². The van der Waals surface area contributed by atoms with Crippen molar-refractivity contribution in [3.05, 3.63) is 40.8 Å². The Bertz CT molecular complexity index is 832. The van der Waals surface area contributed by atoms with Crippen molar-refractivity contribution in [3.8, 4) is 5.75 Å². The van der Waals surface area contributed by atoms with Crippen LogP contribution in [0.4, 0.5) is 5.82 Å². The van der Waals surface area contributed by atoms with Crippen LogP contribution in [0.1, 0.15) is 18.9 Å². The lowest BCUT2D eigenvalue weighted by Gasteiger charge is -2.24. The highest BCUT2D eigenvalue weighted by Gasteiger charge is 2.19. The van der Waals surface area contributed by atoms with Gasteiger partial charge < -0.3 is 10.0 Å². The molecule has 3 rings (SSSR count). The lowest BCUT2D eigenvalue weighted by atomic mass is 10.2. The van der Waals surface area contributed by atoms with Gasteiger partial charge >= 0.3 is 0 Å². The van der Waals surface area contributed by atoms with Crippen LogP contribution in [0.25, 0.3) is 11.0 Å². The zero-order valence-electron chi connectivity index (χ0n) is 13.1. The van der Waals surface area contributed by atoms with E-state index in [-0.39, 0.29) is 0 Å². The molecule has 0 radical (unpaired) electrons. The van der Waals surface area contributed by atoms with E-state index in [2.05, 4.69) is 42.8 Å². The number of phenolic OH excluding ortho intramolecular Hbond substituents is 1. The highest BCUT2D eigenvalue weighted by Crippen LogP contribution is 2.31. The molecule has 0 saturated carbocycles. The van der Waals surface area contributed by atoms with Crippen LogP contribution in [-0.4, -0.2) is 31.4 Å². The molecule has 3 aromatic rings. The van der Waals surface area contributed by atoms with Crippen molar-refractivity contribution >= 4 is 32.8 Å². The van der Waals surface area contributed by atoms with E-state index in [1.54, 1.807) is 17.1 Å². The molecule has 1 N–H and O–H groups in total. The summed E-state index contributed by atoms with van der Waals surface area (Å²) in [6, 6.07) is 7.38. The first-order chi connectivity index (χ1) is 11.1. The Kier molecular flexibility index (Phi) is 4.47. The highest BCUT2D eigenvalue weighted by molar-refractivity contribution is 9.10. The summed E-state index contributed by atoms with van der Waals surface area (Å²) in [7, 11) is 1.86. The quantitative estimate of drug-likeness (QED) is 0.741. The van der Waals surface area contributed by atoms with Gasteiger partial charge in [0, 0.05) is 25.7 Å². The Balaban J connectivity index is 2.07. The minimum atomic E-state index is 0.296. The molecule has 1 aromatic carbocycles. The smallest absolute Gasteiger partial charge is 0.164 e. The second-order valence-electron chi connectivity index (χ2n) is 5.36. The number of para-hydroxylation sites is 1. The summed E-state index contributed by atoms with van der Waals surface area (Å²) >= 11 is 3.50. The Labute approximate surface area is 142 Å². The molecule has 2 heterocycles. The Morgan fingerprint density at radius 2 is 2.04 bits per heavy atom. The molecule has 6 nitrogen and oxygen atoms in total. The van der Waals surface area contributed by atoms with E-state index in [1.165, 1.54) is 0 Å². The number of nitrogens with zero attached hydrogens (tertiary/aromatic N) is 5. The van der Waals surface area contributed by atoms with E-state index in [1.807, 2.05) is 25.2 Å². The third kappa shape index (κ3) is 3.01. The molecule has 0 unspecified atom stereocenters. The van der Waals surface area contributed by atoms with E-state index < -0.39 is 0 Å². The first kappa shape index (κ1) is 15.7. The van der Waals surface area contributed by atoms with Crippen molar-refractivity contribution in [1.82, 2.24) is 19.7 Å². The molecule has 120 valence electrons. The second kappa shape index (κ2) is 6.54. The molecule has 0 aliphatic rings. The Hall–Kier alpha value is -2.15. The van der Waals surface area contributed by atoms with E-state index in [4.69, 9.17) is 0 Å². The predicted octanol–water partition coefficient (Wildman–Crippen LogP) is 3.25. The topological polar surface area (TPSA) is 67.1 Å². The summed E-state index contributed by atoms with van der Waals surface area (Å²) in [4.78, 5) is 10.9. The number of fused-ring (bicyclic) bond motifs is 1. The number of phenols is 1. The van der Waals surface area contributed by atoms with Crippen molar-refractivity contribution in [2.24, 2.45) is 7.05 Å². The van der Waals surface area contributed by atoms with Crippen LogP contribution in [0.3, 0.4) is 0 Å². The number of hydrogen-bond acceptors (Lipinski definition) is 5. The van der Waals surface area contributed by atoms with Crippen LogP contribution >= 0.6 is 15.9 Å². The monoisotopic (exact) mass is 375 g/mol. The molecule has 0 fully saturated rings. The summed E-state index contributed by atoms with van der Waals surface area (Å²) in [5, 5.41) is 15.3. The van der Waals surface area contributed by atoms with E-state index in [0.717, 1.165) is 40.0 Å². The third-order valence-electron chi connectivity index (χ3n) is 3.70. The van der Waals surface area contributed by atoms with E-state index in [0.29, 0.717) is 12.3 Å². The van der Waals surface area contributed by atoms with Gasteiger partial charge in [0.05, 0.1) is 5.39 Å². The number of hydrogen-bond donors (Lipinski definition) is 1. The molecular weight excluding hydrogens is 358 g/mol. The molecular formula is C16H18BrN5O. The van der Waals surface area contributed by atoms with Crippen LogP contribution in [0.15, 0.2) is 35.2 Å². The molecule has 0 bridgehead atoms. The minimum absolute atomic E-state index is 0.296. The standard InChI is InChI=1S/C16H18BrN5O/c1-3-8-22(9-11-6-4-5-7-12(11)23)16-13-14(17)20-21(2)15(13)18-10-19-16/h4-7,10,23H,3,8-9H2,1-2H3. The number of benzene rings is 1. The first-order valence-corrected chi connectivity index (χ1v) is 8.26. The van der Waals surface area contributed by atoms with Crippen LogP contribution in [-0.2, 0) is 13.6 Å². The summed E-state index contributed by atoms with van der Waals surface area (Å²) in [6.45, 7) is 3.52. The van der Waals surface area contributed by atoms with Gasteiger partial charge in [0.2, 0.25) is 0 Å². The van der Waals surface area contributed by atoms with E-state index >= 15 is 0 Å². The van der Waals surface area contributed by atoms with Crippen molar-refractivity contribution < 1.29 is 5.11 Å². The fourth-order valence-corrected chi connectivity index (χ4v) is 3.24. The Morgan fingerprint density at radius 3 is 2.78 bits per heavy atom. The largest absolute Gasteiger partial charge is 0.508 e. The van der Waals surface area contributed by atoms with Gasteiger partial charge in [-0.3, -0.25) is 0 Å². The maximum absolute atomic E-state index is 10.1. The van der Waals surface area contributed by atoms with Crippen LogP contribution < -0.4 is 4.90 Å². The van der Waals surface area contributed by atoms with E-state index in [9.17, 15) is 5.11 Å². The highest BCUT2D eigenvalue weighted by atomic mass is 79.9. The van der Waals surface area contributed by atoms with Crippen molar-refractivity contribution in [2.75, 3.05) is 11.4 Å². The zero-order chi connectivity index (χ0) is 16.4. The van der Waals surface area contributed by atoms with Crippen LogP contribution in [0.5, 0.6) is 5.75 Å². The Morgan fingerprint density at radius 1 is 1.26 bits per heavy atom. The summed E-state index contributed by atoms with van der Waals surface area (Å²) in [6.07, 6.45) is 2.52. The molecule has 0 aliphatic heterocycles. The molecule has 23 heavy (non-hydrogen) atoms. The molecule has 0 spiro atoms. The zero-order valence-corrected chi connectivity index (χ0v) is 14.7. The summed E-state index contributed by atoms with van der Waals surface area (Å²) < 4.78 is 2.46. The predicted molar refractivity (Wildman–Crippen MR) is 93.5 cm³/mol. The van der Waals surface area contributed by atoms with Gasteiger partial charge in [0.1, 0.15) is 22.5 Å². The fraction of sp³-hybridized carbons (Fsp3) is 0.312. The van der Waals surface area contributed by atoms with Gasteiger partial charge in [-0.2, -0.15) is 5.10 Å². The van der Waals surface area contributed by atoms with Gasteiger partial charge in [-0.1, -0.05) is 25.1 Å². The minimum Gasteiger partial charge on any atom is -0.508 e. The number of aromatic hydroxyl groups is 1. The normalized spacial score (nSPS) is 11.1. The molecule has 0 amide bonds. The van der Waals surface area contributed by atoms with Gasteiger partial charge in [0.15, 0.2) is 5.65 Å². The van der Waals surface area contributed by atoms with Gasteiger partial charge in [-0.25, -0.2) is 14.6 Å². The first-order valence-electron chi connectivity index (χ1n) is 7.46. The van der Waals surface area contributed by atoms with Gasteiger partial charge in [-0.05, 0) is 28.4 Å². The lowest BCUT2D eigenvalue weighted by Crippen LogP contribution is -2.25. The molecule has 7 heteroatoms. The van der Waals surface area contributed by atoms with Crippen LogP contribution in [0, 0.1) is 0 Å².